The summed E-state index contributed by atoms with van der Waals surface area (Å²) in [5, 5.41) is 0. The van der Waals surface area contributed by atoms with Crippen LogP contribution >= 0.6 is 0 Å². The van der Waals surface area contributed by atoms with E-state index in [1.807, 2.05) is 30.2 Å². The molecule has 0 aromatic carbocycles. The van der Waals surface area contributed by atoms with Crippen molar-refractivity contribution in [3.05, 3.63) is 30.7 Å². The lowest BCUT2D eigenvalue weighted by atomic mass is 9.78. The van der Waals surface area contributed by atoms with Crippen molar-refractivity contribution in [1.82, 2.24) is 24.8 Å². The molecule has 2 N–H and O–H groups in total. The summed E-state index contributed by atoms with van der Waals surface area (Å²) in [6.07, 6.45) is 8.57. The fourth-order valence-electron chi connectivity index (χ4n) is 5.51. The van der Waals surface area contributed by atoms with Crippen LogP contribution in [0.4, 0.5) is 16.4 Å². The van der Waals surface area contributed by atoms with Crippen molar-refractivity contribution in [2.75, 3.05) is 56.5 Å². The van der Waals surface area contributed by atoms with Crippen molar-refractivity contribution in [3.8, 4) is 11.3 Å². The maximum absolute atomic E-state index is 11.9. The lowest BCUT2D eigenvalue weighted by Crippen LogP contribution is -2.58. The third kappa shape index (κ3) is 3.97. The first-order valence-electron chi connectivity index (χ1n) is 11.5. The average molecular weight is 438 g/mol. The van der Waals surface area contributed by atoms with Gasteiger partial charge in [-0.25, -0.2) is 14.8 Å². The van der Waals surface area contributed by atoms with Crippen LogP contribution in [-0.2, 0) is 4.74 Å². The van der Waals surface area contributed by atoms with Gasteiger partial charge in [-0.2, -0.15) is 0 Å². The average Bonchev–Trinajstić information content (AvgIpc) is 3.25. The van der Waals surface area contributed by atoms with E-state index in [4.69, 9.17) is 10.5 Å². The minimum Gasteiger partial charge on any atom is -0.450 e. The number of nitrogens with zero attached hydrogens (tertiary/aromatic N) is 6. The van der Waals surface area contributed by atoms with Crippen LogP contribution in [0.25, 0.3) is 11.3 Å². The number of ether oxygens (including phenoxy) is 1. The fraction of sp³-hybridized carbons (Fsp3) is 0.565. The van der Waals surface area contributed by atoms with Gasteiger partial charge in [0.15, 0.2) is 0 Å². The van der Waals surface area contributed by atoms with E-state index in [9.17, 15) is 4.79 Å². The topological polar surface area (TPSA) is 101 Å². The number of pyridine rings is 1. The van der Waals surface area contributed by atoms with Gasteiger partial charge < -0.3 is 20.3 Å². The predicted octanol–water partition coefficient (Wildman–Crippen LogP) is 2.25. The molecule has 1 atom stereocenters. The van der Waals surface area contributed by atoms with Gasteiger partial charge >= 0.3 is 6.09 Å². The van der Waals surface area contributed by atoms with Crippen molar-refractivity contribution in [2.24, 2.45) is 5.41 Å². The van der Waals surface area contributed by atoms with Crippen LogP contribution in [-0.4, -0.2) is 82.8 Å². The van der Waals surface area contributed by atoms with E-state index < -0.39 is 0 Å². The maximum atomic E-state index is 11.9. The Hall–Kier alpha value is -2.94. The number of anilines is 2. The highest BCUT2D eigenvalue weighted by Crippen LogP contribution is 2.47. The molecule has 1 saturated carbocycles. The van der Waals surface area contributed by atoms with E-state index >= 15 is 0 Å². The minimum absolute atomic E-state index is 0.160. The van der Waals surface area contributed by atoms with E-state index in [-0.39, 0.29) is 6.09 Å². The molecule has 2 aromatic rings. The lowest BCUT2D eigenvalue weighted by Gasteiger charge is -2.48. The van der Waals surface area contributed by atoms with Gasteiger partial charge in [0.2, 0.25) is 0 Å². The van der Waals surface area contributed by atoms with E-state index in [0.29, 0.717) is 23.9 Å². The second-order valence-electron chi connectivity index (χ2n) is 9.18. The van der Waals surface area contributed by atoms with Gasteiger partial charge in [-0.3, -0.25) is 9.88 Å². The Kier molecular flexibility index (Phi) is 5.58. The molecule has 3 fully saturated rings. The highest BCUT2D eigenvalue weighted by atomic mass is 16.6. The Morgan fingerprint density at radius 2 is 2.00 bits per heavy atom. The van der Waals surface area contributed by atoms with Crippen molar-refractivity contribution in [2.45, 2.75) is 32.2 Å². The van der Waals surface area contributed by atoms with Gasteiger partial charge in [0.05, 0.1) is 24.7 Å². The number of piperazine rings is 1. The molecule has 9 heteroatoms. The Labute approximate surface area is 188 Å². The standard InChI is InChI=1S/C23H31N7O2/c1-2-32-22(31)30-15-23(16-30)6-5-17(12-23)28-8-10-29(11-9-28)21-18(4-3-7-25-21)19-13-27-20(24)14-26-19/h3-4,7,13-14,17H,2,5-6,8-12,15-16H2,1H3,(H2,24,27)/t17-/m1/s1. The smallest absolute Gasteiger partial charge is 0.409 e. The molecule has 32 heavy (non-hydrogen) atoms. The van der Waals surface area contributed by atoms with E-state index in [2.05, 4.69) is 24.8 Å². The molecule has 5 rings (SSSR count). The van der Waals surface area contributed by atoms with Gasteiger partial charge in [-0.1, -0.05) is 0 Å². The van der Waals surface area contributed by atoms with Crippen LogP contribution in [0, 0.1) is 5.41 Å². The molecule has 1 spiro atoms. The number of nitrogen functional groups attached to an aromatic ring is 1. The van der Waals surface area contributed by atoms with Crippen molar-refractivity contribution >= 4 is 17.7 Å². The molecule has 0 bridgehead atoms. The van der Waals surface area contributed by atoms with E-state index in [1.54, 1.807) is 12.4 Å². The van der Waals surface area contributed by atoms with E-state index in [1.165, 1.54) is 19.3 Å². The SMILES string of the molecule is CCOC(=O)N1CC2(CC[C@@H](N3CCN(c4ncccc4-c4cnc(N)cn4)CC3)C2)C1. The molecular formula is C23H31N7O2. The molecule has 2 aliphatic heterocycles. The molecule has 3 aliphatic rings. The van der Waals surface area contributed by atoms with Crippen molar-refractivity contribution < 1.29 is 9.53 Å². The zero-order valence-electron chi connectivity index (χ0n) is 18.6. The van der Waals surface area contributed by atoms with Crippen molar-refractivity contribution in [3.63, 3.8) is 0 Å². The molecular weight excluding hydrogens is 406 g/mol. The zero-order chi connectivity index (χ0) is 22.1. The number of amides is 1. The van der Waals surface area contributed by atoms with Gasteiger partial charge in [0.1, 0.15) is 11.6 Å². The number of rotatable bonds is 4. The Balaban J connectivity index is 1.18. The highest BCUT2D eigenvalue weighted by molar-refractivity contribution is 5.73. The molecule has 1 aliphatic carbocycles. The zero-order valence-corrected chi connectivity index (χ0v) is 18.6. The third-order valence-electron chi connectivity index (χ3n) is 7.12. The molecule has 0 unspecified atom stereocenters. The summed E-state index contributed by atoms with van der Waals surface area (Å²) in [6, 6.07) is 4.58. The summed E-state index contributed by atoms with van der Waals surface area (Å²) < 4.78 is 5.14. The van der Waals surface area contributed by atoms with Crippen LogP contribution < -0.4 is 10.6 Å². The van der Waals surface area contributed by atoms with Gasteiger partial charge in [-0.05, 0) is 38.3 Å². The first-order valence-corrected chi connectivity index (χ1v) is 11.5. The number of hydrogen-bond acceptors (Lipinski definition) is 8. The molecule has 1 amide bonds. The Morgan fingerprint density at radius 1 is 1.19 bits per heavy atom. The molecule has 2 aromatic heterocycles. The number of carbonyl (C=O) groups is 1. The van der Waals surface area contributed by atoms with Gasteiger partial charge in [0.25, 0.3) is 0 Å². The quantitative estimate of drug-likeness (QED) is 0.777. The summed E-state index contributed by atoms with van der Waals surface area (Å²) in [5.74, 6) is 1.37. The Bertz CT molecular complexity index is 953. The van der Waals surface area contributed by atoms with Gasteiger partial charge in [-0.15, -0.1) is 0 Å². The molecule has 170 valence electrons. The molecule has 2 saturated heterocycles. The predicted molar refractivity (Wildman–Crippen MR) is 122 cm³/mol. The largest absolute Gasteiger partial charge is 0.450 e. The van der Waals surface area contributed by atoms with Crippen LogP contribution in [0.2, 0.25) is 0 Å². The second kappa shape index (κ2) is 8.54. The first kappa shape index (κ1) is 20.9. The van der Waals surface area contributed by atoms with E-state index in [0.717, 1.165) is 56.3 Å². The summed E-state index contributed by atoms with van der Waals surface area (Å²) in [6.45, 7) is 7.91. The van der Waals surface area contributed by atoms with Crippen LogP contribution in [0.15, 0.2) is 30.7 Å². The summed E-state index contributed by atoms with van der Waals surface area (Å²) in [4.78, 5) is 32.1. The first-order chi connectivity index (χ1) is 15.6. The lowest BCUT2D eigenvalue weighted by molar-refractivity contribution is -0.00294. The molecule has 4 heterocycles. The monoisotopic (exact) mass is 437 g/mol. The fourth-order valence-corrected chi connectivity index (χ4v) is 5.51. The van der Waals surface area contributed by atoms with Crippen LogP contribution in [0.3, 0.4) is 0 Å². The normalized spacial score (nSPS) is 22.7. The molecule has 9 nitrogen and oxygen atoms in total. The second-order valence-corrected chi connectivity index (χ2v) is 9.18. The summed E-state index contributed by atoms with van der Waals surface area (Å²) in [7, 11) is 0. The number of nitrogens with two attached hydrogens (primary N) is 1. The Morgan fingerprint density at radius 3 is 2.72 bits per heavy atom. The number of hydrogen-bond donors (Lipinski definition) is 1. The molecule has 0 radical (unpaired) electrons. The van der Waals surface area contributed by atoms with Crippen molar-refractivity contribution in [1.29, 1.82) is 0 Å². The number of carbonyl (C=O) groups excluding carboxylic acids is 1. The number of aromatic nitrogens is 3. The van der Waals surface area contributed by atoms with Crippen LogP contribution in [0.1, 0.15) is 26.2 Å². The third-order valence-corrected chi connectivity index (χ3v) is 7.12. The highest BCUT2D eigenvalue weighted by Gasteiger charge is 2.51. The summed E-state index contributed by atoms with van der Waals surface area (Å²) in [5.41, 5.74) is 7.78. The summed E-state index contributed by atoms with van der Waals surface area (Å²) >= 11 is 0. The minimum atomic E-state index is -0.160. The van der Waals surface area contributed by atoms with Crippen LogP contribution in [0.5, 0.6) is 0 Å². The maximum Gasteiger partial charge on any atom is 0.409 e. The van der Waals surface area contributed by atoms with Gasteiger partial charge in [0, 0.05) is 62.5 Å². The number of likely N-dealkylation sites (tertiary alicyclic amines) is 1.